The minimum absolute atomic E-state index is 0.0280. The Kier molecular flexibility index (Phi) is 5.51. The van der Waals surface area contributed by atoms with Crippen molar-refractivity contribution >= 4 is 35.0 Å². The zero-order valence-corrected chi connectivity index (χ0v) is 16.0. The number of imide groups is 1. The van der Waals surface area contributed by atoms with Crippen LogP contribution in [0.5, 0.6) is 0 Å². The van der Waals surface area contributed by atoms with Crippen molar-refractivity contribution in [3.63, 3.8) is 0 Å². The molecule has 140 valence electrons. The first-order valence-corrected chi connectivity index (χ1v) is 9.23. The van der Waals surface area contributed by atoms with E-state index in [4.69, 9.17) is 4.42 Å². The summed E-state index contributed by atoms with van der Waals surface area (Å²) in [6.45, 7) is 4.19. The molecule has 2 aromatic rings. The molecule has 1 aromatic carbocycles. The molecule has 1 aromatic heterocycles. The molecule has 7 heteroatoms. The Morgan fingerprint density at radius 2 is 1.89 bits per heavy atom. The van der Waals surface area contributed by atoms with Crippen molar-refractivity contribution < 1.29 is 23.5 Å². The molecule has 0 atom stereocenters. The van der Waals surface area contributed by atoms with Gasteiger partial charge in [0.2, 0.25) is 5.76 Å². The molecule has 1 aliphatic heterocycles. The molecule has 2 heterocycles. The maximum atomic E-state index is 12.6. The predicted molar refractivity (Wildman–Crippen MR) is 102 cm³/mol. The summed E-state index contributed by atoms with van der Waals surface area (Å²) in [5.41, 5.74) is 2.07. The smallest absolute Gasteiger partial charge is 0.373 e. The number of nitrogens with zero attached hydrogens (tertiary/aromatic N) is 1. The number of furan rings is 1. The Hall–Kier alpha value is -2.80. The Morgan fingerprint density at radius 1 is 1.19 bits per heavy atom. The van der Waals surface area contributed by atoms with Gasteiger partial charge in [-0.05, 0) is 47.0 Å². The molecule has 0 radical (unpaired) electrons. The summed E-state index contributed by atoms with van der Waals surface area (Å²) in [7, 11) is 1.25. The highest BCUT2D eigenvalue weighted by atomic mass is 32.2. The van der Waals surface area contributed by atoms with E-state index >= 15 is 0 Å². The molecule has 0 bridgehead atoms. The Morgan fingerprint density at radius 3 is 2.52 bits per heavy atom. The van der Waals surface area contributed by atoms with Gasteiger partial charge in [-0.2, -0.15) is 0 Å². The summed E-state index contributed by atoms with van der Waals surface area (Å²) in [5, 5.41) is -0.374. The molecule has 0 N–H and O–H groups in total. The molecular weight excluding hydrogens is 366 g/mol. The molecule has 0 saturated carbocycles. The number of hydrogen-bond acceptors (Lipinski definition) is 6. The third-order valence-electron chi connectivity index (χ3n) is 4.14. The highest BCUT2D eigenvalue weighted by Crippen LogP contribution is 2.33. The summed E-state index contributed by atoms with van der Waals surface area (Å²) in [5.74, 6) is -0.205. The number of ether oxygens (including phenoxy) is 1. The summed E-state index contributed by atoms with van der Waals surface area (Å²) >= 11 is 0.889. The van der Waals surface area contributed by atoms with Gasteiger partial charge in [-0.25, -0.2) is 4.79 Å². The van der Waals surface area contributed by atoms with Crippen molar-refractivity contribution in [2.45, 2.75) is 26.3 Å². The van der Waals surface area contributed by atoms with Crippen LogP contribution in [-0.2, 0) is 16.1 Å². The van der Waals surface area contributed by atoms with E-state index in [0.29, 0.717) is 16.6 Å². The lowest BCUT2D eigenvalue weighted by Crippen LogP contribution is -2.27. The Labute approximate surface area is 161 Å². The van der Waals surface area contributed by atoms with Gasteiger partial charge in [-0.1, -0.05) is 38.1 Å². The van der Waals surface area contributed by atoms with E-state index < -0.39 is 5.97 Å². The highest BCUT2D eigenvalue weighted by Gasteiger charge is 2.35. The number of hydrogen-bond donors (Lipinski definition) is 0. The van der Waals surface area contributed by atoms with Crippen molar-refractivity contribution in [3.05, 3.63) is 64.0 Å². The summed E-state index contributed by atoms with van der Waals surface area (Å²) < 4.78 is 9.91. The fourth-order valence-corrected chi connectivity index (χ4v) is 3.43. The van der Waals surface area contributed by atoms with Crippen molar-refractivity contribution in [1.82, 2.24) is 4.90 Å². The van der Waals surface area contributed by atoms with Gasteiger partial charge in [0, 0.05) is 0 Å². The van der Waals surface area contributed by atoms with Crippen LogP contribution < -0.4 is 0 Å². The van der Waals surface area contributed by atoms with Crippen molar-refractivity contribution in [3.8, 4) is 0 Å². The number of benzene rings is 1. The van der Waals surface area contributed by atoms with Gasteiger partial charge < -0.3 is 9.15 Å². The topological polar surface area (TPSA) is 76.8 Å². The lowest BCUT2D eigenvalue weighted by atomic mass is 10.0. The number of carbonyl (C=O) groups excluding carboxylic acids is 3. The third-order valence-corrected chi connectivity index (χ3v) is 5.04. The molecule has 3 rings (SSSR count). The Balaban J connectivity index is 1.74. The minimum Gasteiger partial charge on any atom is -0.463 e. The van der Waals surface area contributed by atoms with Crippen molar-refractivity contribution in [1.29, 1.82) is 0 Å². The van der Waals surface area contributed by atoms with E-state index in [9.17, 15) is 14.4 Å². The second-order valence-corrected chi connectivity index (χ2v) is 7.34. The van der Waals surface area contributed by atoms with Gasteiger partial charge in [0.25, 0.3) is 11.1 Å². The maximum Gasteiger partial charge on any atom is 0.373 e. The highest BCUT2D eigenvalue weighted by molar-refractivity contribution is 8.18. The molecule has 2 amide bonds. The zero-order valence-electron chi connectivity index (χ0n) is 15.2. The molecule has 0 unspecified atom stereocenters. The first-order valence-electron chi connectivity index (χ1n) is 8.41. The van der Waals surface area contributed by atoms with Gasteiger partial charge >= 0.3 is 5.97 Å². The summed E-state index contributed by atoms with van der Waals surface area (Å²) in [4.78, 5) is 37.7. The lowest BCUT2D eigenvalue weighted by molar-refractivity contribution is -0.123. The molecule has 1 saturated heterocycles. The molecule has 0 spiro atoms. The first kappa shape index (κ1) is 19.0. The van der Waals surface area contributed by atoms with E-state index in [1.165, 1.54) is 18.7 Å². The van der Waals surface area contributed by atoms with Crippen LogP contribution in [0.1, 0.15) is 47.2 Å². The lowest BCUT2D eigenvalue weighted by Gasteiger charge is -2.10. The zero-order chi connectivity index (χ0) is 19.6. The van der Waals surface area contributed by atoms with Gasteiger partial charge in [0.05, 0.1) is 18.6 Å². The van der Waals surface area contributed by atoms with Crippen LogP contribution in [0, 0.1) is 0 Å². The third kappa shape index (κ3) is 4.14. The van der Waals surface area contributed by atoms with Crippen LogP contribution in [-0.4, -0.2) is 29.1 Å². The van der Waals surface area contributed by atoms with Gasteiger partial charge in [0.1, 0.15) is 5.76 Å². The second-order valence-electron chi connectivity index (χ2n) is 6.35. The van der Waals surface area contributed by atoms with Crippen LogP contribution in [0.15, 0.2) is 45.7 Å². The fraction of sp³-hybridized carbons (Fsp3) is 0.250. The van der Waals surface area contributed by atoms with E-state index in [0.717, 1.165) is 22.2 Å². The number of esters is 1. The summed E-state index contributed by atoms with van der Waals surface area (Å²) in [6.07, 6.45) is 1.71. The molecular formula is C20H19NO5S. The van der Waals surface area contributed by atoms with E-state index in [-0.39, 0.29) is 23.5 Å². The van der Waals surface area contributed by atoms with Gasteiger partial charge in [-0.3, -0.25) is 14.5 Å². The first-order chi connectivity index (χ1) is 12.9. The number of thioether (sulfide) groups is 1. The Bertz CT molecular complexity index is 911. The van der Waals surface area contributed by atoms with Crippen LogP contribution in [0.2, 0.25) is 0 Å². The van der Waals surface area contributed by atoms with Crippen LogP contribution in [0.3, 0.4) is 0 Å². The normalized spacial score (nSPS) is 15.9. The predicted octanol–water partition coefficient (Wildman–Crippen LogP) is 4.43. The van der Waals surface area contributed by atoms with Crippen LogP contribution >= 0.6 is 11.8 Å². The minimum atomic E-state index is -0.611. The second kappa shape index (κ2) is 7.84. The van der Waals surface area contributed by atoms with E-state index in [1.54, 1.807) is 12.1 Å². The number of rotatable bonds is 5. The number of amides is 2. The molecule has 27 heavy (non-hydrogen) atoms. The van der Waals surface area contributed by atoms with Gasteiger partial charge in [-0.15, -0.1) is 0 Å². The summed E-state index contributed by atoms with van der Waals surface area (Å²) in [6, 6.07) is 10.9. The van der Waals surface area contributed by atoms with Crippen molar-refractivity contribution in [2.24, 2.45) is 0 Å². The average molecular weight is 385 g/mol. The van der Waals surface area contributed by atoms with Crippen molar-refractivity contribution in [2.75, 3.05) is 7.11 Å². The molecule has 1 aliphatic rings. The standard InChI is InChI=1S/C20H19NO5S/c1-12(2)14-6-4-13(5-7-14)10-17-18(22)21(20(24)27-17)11-15-8-9-16(26-15)19(23)25-3/h4-10,12H,11H2,1-3H3/b17-10+. The average Bonchev–Trinajstić information content (AvgIpc) is 3.22. The molecule has 6 nitrogen and oxygen atoms in total. The fourth-order valence-electron chi connectivity index (χ4n) is 2.59. The van der Waals surface area contributed by atoms with E-state index in [1.807, 2.05) is 24.3 Å². The quantitative estimate of drug-likeness (QED) is 0.560. The van der Waals surface area contributed by atoms with E-state index in [2.05, 4.69) is 18.6 Å². The maximum absolute atomic E-state index is 12.6. The molecule has 0 aliphatic carbocycles. The largest absolute Gasteiger partial charge is 0.463 e. The monoisotopic (exact) mass is 385 g/mol. The SMILES string of the molecule is COC(=O)c1ccc(CN2C(=O)S/C(=C/c3ccc(C(C)C)cc3)C2=O)o1. The molecule has 1 fully saturated rings. The number of methoxy groups -OCH3 is 1. The van der Waals surface area contributed by atoms with Crippen LogP contribution in [0.4, 0.5) is 4.79 Å². The number of carbonyl (C=O) groups is 3. The van der Waals surface area contributed by atoms with Gasteiger partial charge in [0.15, 0.2) is 0 Å². The van der Waals surface area contributed by atoms with Crippen LogP contribution in [0.25, 0.3) is 6.08 Å².